The first kappa shape index (κ1) is 22.3. The molecule has 5 nitrogen and oxygen atoms in total. The van der Waals surface area contributed by atoms with Crippen molar-refractivity contribution in [3.8, 4) is 11.1 Å². The Kier molecular flexibility index (Phi) is 6.80. The minimum absolute atomic E-state index is 0.00799. The highest BCUT2D eigenvalue weighted by Gasteiger charge is 2.29. The zero-order valence-electron chi connectivity index (χ0n) is 17.8. The number of rotatable bonds is 7. The van der Waals surface area contributed by atoms with Gasteiger partial charge >= 0.3 is 6.09 Å². The number of hydrogen-bond acceptors (Lipinski definition) is 4. The first-order valence-corrected chi connectivity index (χ1v) is 11.0. The predicted molar refractivity (Wildman–Crippen MR) is 125 cm³/mol. The van der Waals surface area contributed by atoms with E-state index in [1.54, 1.807) is 25.1 Å². The Labute approximate surface area is 192 Å². The molecule has 0 bridgehead atoms. The number of fused-ring (bicyclic) bond motifs is 3. The lowest BCUT2D eigenvalue weighted by Crippen LogP contribution is -2.30. The monoisotopic (exact) mass is 451 g/mol. The second kappa shape index (κ2) is 9.74. The maximum atomic E-state index is 12.2. The zero-order valence-corrected chi connectivity index (χ0v) is 18.5. The summed E-state index contributed by atoms with van der Waals surface area (Å²) in [5, 5.41) is 24.0. The number of benzene rings is 3. The molecule has 0 heterocycles. The fourth-order valence-corrected chi connectivity index (χ4v) is 4.46. The van der Waals surface area contributed by atoms with E-state index in [2.05, 4.69) is 29.6 Å². The van der Waals surface area contributed by atoms with Crippen molar-refractivity contribution in [1.29, 1.82) is 0 Å². The summed E-state index contributed by atoms with van der Waals surface area (Å²) in [6.45, 7) is 2.20. The van der Waals surface area contributed by atoms with Gasteiger partial charge in [0.1, 0.15) is 12.7 Å². The molecule has 2 atom stereocenters. The summed E-state index contributed by atoms with van der Waals surface area (Å²) in [7, 11) is 0. The van der Waals surface area contributed by atoms with Gasteiger partial charge in [0.2, 0.25) is 0 Å². The van der Waals surface area contributed by atoms with E-state index in [1.165, 1.54) is 11.1 Å². The van der Waals surface area contributed by atoms with E-state index < -0.39 is 18.3 Å². The molecule has 0 aliphatic heterocycles. The maximum absolute atomic E-state index is 12.2. The van der Waals surface area contributed by atoms with Crippen molar-refractivity contribution in [1.82, 2.24) is 5.32 Å². The first-order valence-electron chi connectivity index (χ1n) is 10.7. The van der Waals surface area contributed by atoms with Gasteiger partial charge in [0.15, 0.2) is 0 Å². The van der Waals surface area contributed by atoms with E-state index in [-0.39, 0.29) is 25.5 Å². The number of ether oxygens (including phenoxy) is 1. The number of hydrogen-bond donors (Lipinski definition) is 3. The molecule has 3 aromatic carbocycles. The molecule has 0 spiro atoms. The highest BCUT2D eigenvalue weighted by atomic mass is 35.5. The lowest BCUT2D eigenvalue weighted by Gasteiger charge is -2.20. The van der Waals surface area contributed by atoms with E-state index in [9.17, 15) is 15.0 Å². The smallest absolute Gasteiger partial charge is 0.407 e. The van der Waals surface area contributed by atoms with E-state index in [1.807, 2.05) is 24.3 Å². The summed E-state index contributed by atoms with van der Waals surface area (Å²) >= 11 is 6.09. The molecule has 3 N–H and O–H groups in total. The van der Waals surface area contributed by atoms with Crippen LogP contribution in [0.3, 0.4) is 0 Å². The van der Waals surface area contributed by atoms with Crippen LogP contribution in [-0.4, -0.2) is 35.6 Å². The van der Waals surface area contributed by atoms with Crippen LogP contribution in [0, 0.1) is 6.92 Å². The van der Waals surface area contributed by atoms with Crippen molar-refractivity contribution in [2.75, 3.05) is 13.2 Å². The summed E-state index contributed by atoms with van der Waals surface area (Å²) in [5.74, 6) is -0.00799. The van der Waals surface area contributed by atoms with Crippen molar-refractivity contribution in [2.45, 2.75) is 31.5 Å². The molecule has 1 aliphatic rings. The van der Waals surface area contributed by atoms with Crippen LogP contribution in [0.1, 0.15) is 40.7 Å². The number of halogens is 1. The number of alkyl carbamates (subject to hydrolysis) is 1. The Morgan fingerprint density at radius 1 is 1.00 bits per heavy atom. The van der Waals surface area contributed by atoms with Crippen LogP contribution in [0.5, 0.6) is 0 Å². The van der Waals surface area contributed by atoms with Gasteiger partial charge in [-0.15, -0.1) is 0 Å². The normalized spacial score (nSPS) is 14.4. The second-order valence-corrected chi connectivity index (χ2v) is 8.41. The first-order chi connectivity index (χ1) is 15.5. The number of aliphatic hydroxyl groups is 2. The standard InChI is InChI=1S/C26H26ClNO4/c1-16-17(11-6-12-23(16)27)25(30)24(29)13-14-28-26(31)32-15-22-20-9-4-2-7-18(20)19-8-3-5-10-21(19)22/h2-12,22,24-25,29-30H,13-15H2,1H3,(H,28,31). The second-order valence-electron chi connectivity index (χ2n) is 8.01. The van der Waals surface area contributed by atoms with Gasteiger partial charge < -0.3 is 20.3 Å². The molecule has 1 aliphatic carbocycles. The van der Waals surface area contributed by atoms with Gasteiger partial charge in [0.25, 0.3) is 0 Å². The van der Waals surface area contributed by atoms with Crippen LogP contribution in [0.15, 0.2) is 66.7 Å². The molecule has 32 heavy (non-hydrogen) atoms. The van der Waals surface area contributed by atoms with Crippen molar-refractivity contribution >= 4 is 17.7 Å². The van der Waals surface area contributed by atoms with Crippen LogP contribution in [-0.2, 0) is 4.74 Å². The number of carbonyl (C=O) groups excluding carboxylic acids is 1. The minimum atomic E-state index is -1.09. The lowest BCUT2D eigenvalue weighted by atomic mass is 9.98. The molecule has 3 aromatic rings. The average molecular weight is 452 g/mol. The third kappa shape index (κ3) is 4.51. The molecule has 0 radical (unpaired) electrons. The fraction of sp³-hybridized carbons (Fsp3) is 0.269. The van der Waals surface area contributed by atoms with Gasteiger partial charge in [0.05, 0.1) is 6.10 Å². The molecule has 6 heteroatoms. The van der Waals surface area contributed by atoms with Gasteiger partial charge in [-0.3, -0.25) is 0 Å². The maximum Gasteiger partial charge on any atom is 0.407 e. The van der Waals surface area contributed by atoms with Crippen LogP contribution >= 0.6 is 11.6 Å². The van der Waals surface area contributed by atoms with Crippen molar-refractivity contribution < 1.29 is 19.7 Å². The Balaban J connectivity index is 1.29. The highest BCUT2D eigenvalue weighted by Crippen LogP contribution is 2.44. The molecule has 0 fully saturated rings. The molecule has 0 aromatic heterocycles. The summed E-state index contributed by atoms with van der Waals surface area (Å²) in [4.78, 5) is 12.2. The number of aliphatic hydroxyl groups excluding tert-OH is 2. The summed E-state index contributed by atoms with van der Waals surface area (Å²) in [6.07, 6.45) is -2.50. The third-order valence-corrected chi connectivity index (χ3v) is 6.46. The van der Waals surface area contributed by atoms with E-state index in [0.717, 1.165) is 16.7 Å². The molecule has 0 saturated carbocycles. The van der Waals surface area contributed by atoms with Gasteiger partial charge in [-0.1, -0.05) is 72.3 Å². The van der Waals surface area contributed by atoms with Gasteiger partial charge in [-0.25, -0.2) is 4.79 Å². The average Bonchev–Trinajstić information content (AvgIpc) is 3.13. The molecule has 166 valence electrons. The Hall–Kier alpha value is -2.86. The Morgan fingerprint density at radius 3 is 2.28 bits per heavy atom. The van der Waals surface area contributed by atoms with Crippen LogP contribution in [0.4, 0.5) is 4.79 Å². The zero-order chi connectivity index (χ0) is 22.7. The third-order valence-electron chi connectivity index (χ3n) is 6.05. The molecule has 4 rings (SSSR count). The topological polar surface area (TPSA) is 78.8 Å². The fourth-order valence-electron chi connectivity index (χ4n) is 4.28. The van der Waals surface area contributed by atoms with Crippen LogP contribution < -0.4 is 5.32 Å². The number of nitrogens with one attached hydrogen (secondary N) is 1. The van der Waals surface area contributed by atoms with Gasteiger partial charge in [0, 0.05) is 17.5 Å². The highest BCUT2D eigenvalue weighted by molar-refractivity contribution is 6.31. The van der Waals surface area contributed by atoms with E-state index >= 15 is 0 Å². The van der Waals surface area contributed by atoms with Crippen LogP contribution in [0.2, 0.25) is 5.02 Å². The summed E-state index contributed by atoms with van der Waals surface area (Å²) in [5.41, 5.74) is 5.95. The van der Waals surface area contributed by atoms with Crippen molar-refractivity contribution in [2.24, 2.45) is 0 Å². The minimum Gasteiger partial charge on any atom is -0.449 e. The van der Waals surface area contributed by atoms with Crippen molar-refractivity contribution in [3.63, 3.8) is 0 Å². The Morgan fingerprint density at radius 2 is 1.62 bits per heavy atom. The SMILES string of the molecule is Cc1c(Cl)cccc1C(O)C(O)CCNC(=O)OCC1c2ccccc2-c2ccccc21. The molecule has 1 amide bonds. The van der Waals surface area contributed by atoms with Gasteiger partial charge in [-0.2, -0.15) is 0 Å². The Bertz CT molecular complexity index is 1070. The molecular formula is C26H26ClNO4. The largest absolute Gasteiger partial charge is 0.449 e. The quantitative estimate of drug-likeness (QED) is 0.473. The van der Waals surface area contributed by atoms with Crippen molar-refractivity contribution in [3.05, 3.63) is 94.0 Å². The summed E-state index contributed by atoms with van der Waals surface area (Å²) < 4.78 is 5.49. The van der Waals surface area contributed by atoms with Crippen LogP contribution in [0.25, 0.3) is 11.1 Å². The lowest BCUT2D eigenvalue weighted by molar-refractivity contribution is 0.0133. The predicted octanol–water partition coefficient (Wildman–Crippen LogP) is 4.97. The summed E-state index contributed by atoms with van der Waals surface area (Å²) in [6, 6.07) is 21.5. The molecule has 2 unspecified atom stereocenters. The number of carbonyl (C=O) groups is 1. The molecule has 0 saturated heterocycles. The van der Waals surface area contributed by atoms with Gasteiger partial charge in [-0.05, 0) is 52.8 Å². The molecular weight excluding hydrogens is 426 g/mol. The van der Waals surface area contributed by atoms with E-state index in [4.69, 9.17) is 16.3 Å². The van der Waals surface area contributed by atoms with E-state index in [0.29, 0.717) is 10.6 Å². The number of amides is 1.